The molecule has 0 aromatic heterocycles. The van der Waals surface area contributed by atoms with E-state index in [1.807, 2.05) is 0 Å². The van der Waals surface area contributed by atoms with Crippen LogP contribution in [-0.4, -0.2) is 6.04 Å². The van der Waals surface area contributed by atoms with E-state index in [1.54, 1.807) is 0 Å². The van der Waals surface area contributed by atoms with Crippen molar-refractivity contribution in [3.05, 3.63) is 12.2 Å². The van der Waals surface area contributed by atoms with Crippen LogP contribution in [0.1, 0.15) is 19.8 Å². The maximum absolute atomic E-state index is 5.85. The van der Waals surface area contributed by atoms with Crippen LogP contribution in [0.15, 0.2) is 12.2 Å². The Morgan fingerprint density at radius 3 is 2.50 bits per heavy atom. The Kier molecular flexibility index (Phi) is 1.34. The third-order valence-corrected chi connectivity index (χ3v) is 3.01. The van der Waals surface area contributed by atoms with E-state index < -0.39 is 0 Å². The van der Waals surface area contributed by atoms with Gasteiger partial charge in [-0.3, -0.25) is 0 Å². The maximum Gasteiger partial charge on any atom is 0.00446 e. The summed E-state index contributed by atoms with van der Waals surface area (Å²) >= 11 is 0. The van der Waals surface area contributed by atoms with Gasteiger partial charge >= 0.3 is 0 Å². The van der Waals surface area contributed by atoms with Gasteiger partial charge in [-0.2, -0.15) is 0 Å². The molecule has 0 aromatic carbocycles. The minimum Gasteiger partial charge on any atom is -0.328 e. The molecule has 2 N–H and O–H groups in total. The molecule has 1 nitrogen and oxygen atoms in total. The standard InChI is InChI=1S/C9H15N/c1-6(10)9-5-7-2-3-8(9)4-7/h2-3,6-9H,4-5,10H2,1H3. The van der Waals surface area contributed by atoms with Gasteiger partial charge in [-0.25, -0.2) is 0 Å². The van der Waals surface area contributed by atoms with Crippen molar-refractivity contribution < 1.29 is 0 Å². The normalized spacial score (nSPS) is 46.4. The monoisotopic (exact) mass is 137 g/mol. The van der Waals surface area contributed by atoms with Gasteiger partial charge in [-0.05, 0) is 37.5 Å². The van der Waals surface area contributed by atoms with Gasteiger partial charge in [0.05, 0.1) is 0 Å². The number of hydrogen-bond donors (Lipinski definition) is 1. The lowest BCUT2D eigenvalue weighted by molar-refractivity contribution is 0.382. The van der Waals surface area contributed by atoms with E-state index in [2.05, 4.69) is 19.1 Å². The lowest BCUT2D eigenvalue weighted by Crippen LogP contribution is -2.29. The van der Waals surface area contributed by atoms with E-state index in [-0.39, 0.29) is 0 Å². The van der Waals surface area contributed by atoms with E-state index in [1.165, 1.54) is 12.8 Å². The summed E-state index contributed by atoms with van der Waals surface area (Å²) in [4.78, 5) is 0. The van der Waals surface area contributed by atoms with Gasteiger partial charge in [0, 0.05) is 6.04 Å². The average molecular weight is 137 g/mol. The zero-order valence-corrected chi connectivity index (χ0v) is 6.46. The fraction of sp³-hybridized carbons (Fsp3) is 0.778. The highest BCUT2D eigenvalue weighted by atomic mass is 14.7. The third-order valence-electron chi connectivity index (χ3n) is 3.01. The van der Waals surface area contributed by atoms with Crippen molar-refractivity contribution in [3.8, 4) is 0 Å². The van der Waals surface area contributed by atoms with E-state index in [4.69, 9.17) is 5.73 Å². The summed E-state index contributed by atoms with van der Waals surface area (Å²) in [5.74, 6) is 2.49. The van der Waals surface area contributed by atoms with E-state index in [0.717, 1.165) is 17.8 Å². The van der Waals surface area contributed by atoms with Gasteiger partial charge in [-0.1, -0.05) is 12.2 Å². The summed E-state index contributed by atoms with van der Waals surface area (Å²) < 4.78 is 0. The molecule has 1 saturated carbocycles. The quantitative estimate of drug-likeness (QED) is 0.545. The first-order valence-corrected chi connectivity index (χ1v) is 4.21. The summed E-state index contributed by atoms with van der Waals surface area (Å²) in [6.07, 6.45) is 7.46. The number of fused-ring (bicyclic) bond motifs is 2. The van der Waals surface area contributed by atoms with Gasteiger partial charge in [0.25, 0.3) is 0 Å². The van der Waals surface area contributed by atoms with Crippen LogP contribution in [0.3, 0.4) is 0 Å². The Morgan fingerprint density at radius 2 is 2.20 bits per heavy atom. The van der Waals surface area contributed by atoms with Gasteiger partial charge in [0.2, 0.25) is 0 Å². The number of allylic oxidation sites excluding steroid dienone is 2. The second-order valence-electron chi connectivity index (χ2n) is 3.80. The van der Waals surface area contributed by atoms with E-state index in [0.29, 0.717) is 6.04 Å². The number of nitrogens with two attached hydrogens (primary N) is 1. The first-order valence-electron chi connectivity index (χ1n) is 4.21. The maximum atomic E-state index is 5.85. The Hall–Kier alpha value is -0.300. The van der Waals surface area contributed by atoms with E-state index >= 15 is 0 Å². The smallest absolute Gasteiger partial charge is 0.00446 e. The van der Waals surface area contributed by atoms with Crippen LogP contribution in [0.2, 0.25) is 0 Å². The summed E-state index contributed by atoms with van der Waals surface area (Å²) in [6, 6.07) is 0.403. The van der Waals surface area contributed by atoms with Crippen molar-refractivity contribution in [1.82, 2.24) is 0 Å². The van der Waals surface area contributed by atoms with Crippen molar-refractivity contribution in [2.75, 3.05) is 0 Å². The lowest BCUT2D eigenvalue weighted by Gasteiger charge is -2.21. The Morgan fingerprint density at radius 1 is 1.40 bits per heavy atom. The molecule has 4 unspecified atom stereocenters. The van der Waals surface area contributed by atoms with Crippen molar-refractivity contribution in [2.45, 2.75) is 25.8 Å². The first kappa shape index (κ1) is 6.41. The zero-order valence-electron chi connectivity index (χ0n) is 6.46. The molecule has 0 radical (unpaired) electrons. The molecule has 0 heterocycles. The van der Waals surface area contributed by atoms with Gasteiger partial charge in [0.1, 0.15) is 0 Å². The fourth-order valence-corrected chi connectivity index (χ4v) is 2.43. The molecule has 0 saturated heterocycles. The minimum absolute atomic E-state index is 0.403. The number of hydrogen-bond acceptors (Lipinski definition) is 1. The molecule has 0 amide bonds. The molecular formula is C9H15N. The molecule has 4 atom stereocenters. The van der Waals surface area contributed by atoms with Crippen molar-refractivity contribution in [3.63, 3.8) is 0 Å². The molecule has 2 aliphatic rings. The topological polar surface area (TPSA) is 26.0 Å². The van der Waals surface area contributed by atoms with Crippen LogP contribution in [-0.2, 0) is 0 Å². The molecule has 0 spiro atoms. The number of rotatable bonds is 1. The Labute approximate surface area is 62.3 Å². The summed E-state index contributed by atoms with van der Waals surface area (Å²) in [5, 5.41) is 0. The molecule has 2 bridgehead atoms. The van der Waals surface area contributed by atoms with Crippen LogP contribution in [0.25, 0.3) is 0 Å². The summed E-state index contributed by atoms with van der Waals surface area (Å²) in [5.41, 5.74) is 5.85. The molecule has 0 aromatic rings. The summed E-state index contributed by atoms with van der Waals surface area (Å²) in [6.45, 7) is 2.14. The predicted molar refractivity (Wildman–Crippen MR) is 42.5 cm³/mol. The van der Waals surface area contributed by atoms with Crippen LogP contribution < -0.4 is 5.73 Å². The SMILES string of the molecule is CC(N)C1CC2C=CC1C2. The molecular weight excluding hydrogens is 122 g/mol. The second-order valence-corrected chi connectivity index (χ2v) is 3.80. The van der Waals surface area contributed by atoms with Crippen molar-refractivity contribution in [1.29, 1.82) is 0 Å². The van der Waals surface area contributed by atoms with Crippen molar-refractivity contribution in [2.24, 2.45) is 23.5 Å². The molecule has 1 fully saturated rings. The van der Waals surface area contributed by atoms with Crippen LogP contribution >= 0.6 is 0 Å². The fourth-order valence-electron chi connectivity index (χ4n) is 2.43. The second kappa shape index (κ2) is 2.09. The molecule has 10 heavy (non-hydrogen) atoms. The van der Waals surface area contributed by atoms with Gasteiger partial charge in [-0.15, -0.1) is 0 Å². The molecule has 2 aliphatic carbocycles. The first-order chi connectivity index (χ1) is 4.77. The minimum atomic E-state index is 0.403. The highest BCUT2D eigenvalue weighted by molar-refractivity contribution is 5.11. The van der Waals surface area contributed by atoms with Gasteiger partial charge < -0.3 is 5.73 Å². The molecule has 0 aliphatic heterocycles. The predicted octanol–water partition coefficient (Wildman–Crippen LogP) is 1.55. The Balaban J connectivity index is 2.09. The van der Waals surface area contributed by atoms with Gasteiger partial charge in [0.15, 0.2) is 0 Å². The average Bonchev–Trinajstić information content (AvgIpc) is 2.44. The summed E-state index contributed by atoms with van der Waals surface area (Å²) in [7, 11) is 0. The van der Waals surface area contributed by atoms with Crippen LogP contribution in [0, 0.1) is 17.8 Å². The van der Waals surface area contributed by atoms with Crippen molar-refractivity contribution >= 4 is 0 Å². The molecule has 1 heteroatoms. The Bertz CT molecular complexity index is 160. The molecule has 56 valence electrons. The molecule has 2 rings (SSSR count). The van der Waals surface area contributed by atoms with Crippen LogP contribution in [0.4, 0.5) is 0 Å². The highest BCUT2D eigenvalue weighted by Gasteiger charge is 2.37. The third kappa shape index (κ3) is 0.807. The lowest BCUT2D eigenvalue weighted by atomic mass is 9.88. The largest absolute Gasteiger partial charge is 0.328 e. The van der Waals surface area contributed by atoms with Crippen LogP contribution in [0.5, 0.6) is 0 Å². The van der Waals surface area contributed by atoms with E-state index in [9.17, 15) is 0 Å². The zero-order chi connectivity index (χ0) is 7.14. The highest BCUT2D eigenvalue weighted by Crippen LogP contribution is 2.44.